The number of thiophene rings is 1. The summed E-state index contributed by atoms with van der Waals surface area (Å²) in [7, 11) is 1.60. The highest BCUT2D eigenvalue weighted by Gasteiger charge is 2.34. The van der Waals surface area contributed by atoms with Gasteiger partial charge >= 0.3 is 0 Å². The molecule has 7 nitrogen and oxygen atoms in total. The van der Waals surface area contributed by atoms with E-state index in [1.165, 1.54) is 28.2 Å². The number of nitrogens with zero attached hydrogens (tertiary/aromatic N) is 2. The normalized spacial score (nSPS) is 15.1. The van der Waals surface area contributed by atoms with Crippen LogP contribution in [0, 0.1) is 5.82 Å². The first-order chi connectivity index (χ1) is 16.6. The van der Waals surface area contributed by atoms with Crippen LogP contribution in [-0.4, -0.2) is 61.6 Å². The van der Waals surface area contributed by atoms with Crippen molar-refractivity contribution in [3.8, 4) is 5.75 Å². The molecule has 0 fully saturated rings. The molecule has 0 saturated heterocycles. The Bertz CT molecular complexity index is 1080. The second-order valence-corrected chi connectivity index (χ2v) is 8.97. The summed E-state index contributed by atoms with van der Waals surface area (Å²) in [6, 6.07) is 10.8. The van der Waals surface area contributed by atoms with E-state index >= 15 is 0 Å². The first-order valence-electron chi connectivity index (χ1n) is 11.1. The van der Waals surface area contributed by atoms with E-state index in [0.29, 0.717) is 31.9 Å². The summed E-state index contributed by atoms with van der Waals surface area (Å²) in [5, 5.41) is 2.01. The van der Waals surface area contributed by atoms with Crippen LogP contribution in [0.4, 0.5) is 4.39 Å². The molecule has 0 bridgehead atoms. The molecular weight excluding hydrogens is 459 g/mol. The summed E-state index contributed by atoms with van der Waals surface area (Å²) in [6.07, 6.45) is 2.79. The van der Waals surface area contributed by atoms with E-state index < -0.39 is 0 Å². The molecule has 2 aromatic heterocycles. The third kappa shape index (κ3) is 5.66. The fourth-order valence-corrected chi connectivity index (χ4v) is 4.97. The summed E-state index contributed by atoms with van der Waals surface area (Å²) in [5.41, 5.74) is 1.05. The van der Waals surface area contributed by atoms with Crippen molar-refractivity contribution < 1.29 is 27.9 Å². The third-order valence-corrected chi connectivity index (χ3v) is 6.76. The monoisotopic (exact) mass is 486 g/mol. The lowest BCUT2D eigenvalue weighted by Gasteiger charge is -2.37. The Labute approximate surface area is 201 Å². The Balaban J connectivity index is 1.50. The van der Waals surface area contributed by atoms with Gasteiger partial charge in [-0.1, -0.05) is 0 Å². The van der Waals surface area contributed by atoms with Crippen LogP contribution in [0.1, 0.15) is 33.5 Å². The molecule has 3 heterocycles. The summed E-state index contributed by atoms with van der Waals surface area (Å²) < 4.78 is 29.6. The molecule has 1 aliphatic rings. The molecule has 0 unspecified atom stereocenters. The Hall–Kier alpha value is -3.17. The van der Waals surface area contributed by atoms with Crippen molar-refractivity contribution in [3.63, 3.8) is 0 Å². The van der Waals surface area contributed by atoms with E-state index in [2.05, 4.69) is 0 Å². The van der Waals surface area contributed by atoms with Crippen molar-refractivity contribution in [3.05, 3.63) is 76.1 Å². The van der Waals surface area contributed by atoms with E-state index in [-0.39, 0.29) is 42.6 Å². The van der Waals surface area contributed by atoms with Gasteiger partial charge in [0.15, 0.2) is 5.76 Å². The van der Waals surface area contributed by atoms with Crippen molar-refractivity contribution in [2.75, 3.05) is 40.0 Å². The van der Waals surface area contributed by atoms with Gasteiger partial charge in [-0.15, -0.1) is 11.3 Å². The van der Waals surface area contributed by atoms with Crippen molar-refractivity contribution >= 4 is 23.2 Å². The maximum absolute atomic E-state index is 13.5. The minimum atomic E-state index is -0.336. The third-order valence-electron chi connectivity index (χ3n) is 5.76. The Morgan fingerprint density at radius 2 is 2.06 bits per heavy atom. The van der Waals surface area contributed by atoms with Gasteiger partial charge in [0.05, 0.1) is 12.3 Å². The lowest BCUT2D eigenvalue weighted by Crippen LogP contribution is -2.48. The molecule has 1 atom stereocenters. The van der Waals surface area contributed by atoms with Crippen LogP contribution in [0.15, 0.2) is 58.5 Å². The van der Waals surface area contributed by atoms with Gasteiger partial charge in [0, 0.05) is 31.7 Å². The van der Waals surface area contributed by atoms with Crippen LogP contribution < -0.4 is 4.74 Å². The van der Waals surface area contributed by atoms with Crippen molar-refractivity contribution in [2.24, 2.45) is 0 Å². The number of halogens is 1. The number of ether oxygens (including phenoxy) is 2. The van der Waals surface area contributed by atoms with Gasteiger partial charge in [0.1, 0.15) is 24.7 Å². The molecule has 9 heteroatoms. The number of amides is 2. The number of hydrogen-bond acceptors (Lipinski definition) is 6. The van der Waals surface area contributed by atoms with Crippen molar-refractivity contribution in [1.82, 2.24) is 9.80 Å². The molecule has 0 radical (unpaired) electrons. The molecule has 3 aromatic rings. The summed E-state index contributed by atoms with van der Waals surface area (Å²) >= 11 is 1.66. The maximum atomic E-state index is 13.5. The smallest absolute Gasteiger partial charge is 0.290 e. The van der Waals surface area contributed by atoms with E-state index in [1.807, 2.05) is 11.4 Å². The van der Waals surface area contributed by atoms with Gasteiger partial charge in [-0.05, 0) is 66.2 Å². The van der Waals surface area contributed by atoms with E-state index in [9.17, 15) is 14.0 Å². The number of fused-ring (bicyclic) bond motifs is 1. The van der Waals surface area contributed by atoms with Gasteiger partial charge < -0.3 is 23.7 Å². The zero-order valence-electron chi connectivity index (χ0n) is 18.9. The first kappa shape index (κ1) is 24.0. The largest absolute Gasteiger partial charge is 0.491 e. The van der Waals surface area contributed by atoms with Gasteiger partial charge in [-0.3, -0.25) is 9.59 Å². The lowest BCUT2D eigenvalue weighted by molar-refractivity contribution is -0.135. The molecule has 0 aliphatic carbocycles. The molecule has 0 N–H and O–H groups in total. The number of carbonyl (C=O) groups excluding carboxylic acids is 2. The van der Waals surface area contributed by atoms with Crippen LogP contribution >= 0.6 is 11.3 Å². The predicted molar refractivity (Wildman–Crippen MR) is 125 cm³/mol. The quantitative estimate of drug-likeness (QED) is 0.403. The van der Waals surface area contributed by atoms with Crippen LogP contribution in [0.3, 0.4) is 0 Å². The fourth-order valence-electron chi connectivity index (χ4n) is 4.04. The maximum Gasteiger partial charge on any atom is 0.290 e. The van der Waals surface area contributed by atoms with Gasteiger partial charge in [-0.2, -0.15) is 0 Å². The van der Waals surface area contributed by atoms with Crippen molar-refractivity contribution in [1.29, 1.82) is 0 Å². The second-order valence-electron chi connectivity index (χ2n) is 7.97. The van der Waals surface area contributed by atoms with Crippen LogP contribution in [0.2, 0.25) is 0 Å². The lowest BCUT2D eigenvalue weighted by atomic mass is 10.0. The van der Waals surface area contributed by atoms with E-state index in [0.717, 1.165) is 12.0 Å². The topological polar surface area (TPSA) is 72.2 Å². The first-order valence-corrected chi connectivity index (χ1v) is 12.0. The highest BCUT2D eigenvalue weighted by molar-refractivity contribution is 7.10. The molecule has 2 amide bonds. The highest BCUT2D eigenvalue weighted by Crippen LogP contribution is 2.34. The number of hydrogen-bond donors (Lipinski definition) is 0. The summed E-state index contributed by atoms with van der Waals surface area (Å²) in [4.78, 5) is 30.9. The van der Waals surface area contributed by atoms with Gasteiger partial charge in [0.25, 0.3) is 5.91 Å². The van der Waals surface area contributed by atoms with Crippen LogP contribution in [-0.2, 0) is 16.0 Å². The minimum Gasteiger partial charge on any atom is -0.491 e. The fraction of sp³-hybridized carbons (Fsp3) is 0.360. The molecule has 4 rings (SSSR count). The Morgan fingerprint density at radius 1 is 1.24 bits per heavy atom. The number of furan rings is 1. The minimum absolute atomic E-state index is 0.0736. The SMILES string of the molecule is COCCCN(CC(=O)N1CCc2sccc2[C@@H]1COc1ccc(F)cc1)C(=O)c1ccco1. The van der Waals surface area contributed by atoms with Crippen LogP contribution in [0.5, 0.6) is 5.75 Å². The Kier molecular flexibility index (Phi) is 7.97. The molecule has 0 saturated carbocycles. The van der Waals surface area contributed by atoms with Crippen LogP contribution in [0.25, 0.3) is 0 Å². The molecule has 180 valence electrons. The molecule has 1 aliphatic heterocycles. The second kappa shape index (κ2) is 11.3. The predicted octanol–water partition coefficient (Wildman–Crippen LogP) is 4.16. The Morgan fingerprint density at radius 3 is 2.79 bits per heavy atom. The number of rotatable bonds is 10. The average Bonchev–Trinajstić information content (AvgIpc) is 3.55. The average molecular weight is 487 g/mol. The molecule has 34 heavy (non-hydrogen) atoms. The van der Waals surface area contributed by atoms with Gasteiger partial charge in [-0.25, -0.2) is 4.39 Å². The summed E-state index contributed by atoms with van der Waals surface area (Å²) in [6.45, 7) is 1.54. The van der Waals surface area contributed by atoms with Gasteiger partial charge in [0.2, 0.25) is 5.91 Å². The number of methoxy groups -OCH3 is 1. The zero-order valence-corrected chi connectivity index (χ0v) is 19.8. The summed E-state index contributed by atoms with van der Waals surface area (Å²) in [5.74, 6) is -0.106. The van der Waals surface area contributed by atoms with Crippen molar-refractivity contribution in [2.45, 2.75) is 18.9 Å². The van der Waals surface area contributed by atoms with E-state index in [1.54, 1.807) is 47.6 Å². The highest BCUT2D eigenvalue weighted by atomic mass is 32.1. The standard InChI is InChI=1S/C25H27FN2O5S/c1-31-13-3-11-27(25(30)22-4-2-14-32-22)16-24(29)28-12-9-23-20(10-15-34-23)21(28)17-33-19-7-5-18(26)6-8-19/h2,4-8,10,14-15,21H,3,9,11-13,16-17H2,1H3/t21-/m0/s1. The molecule has 0 spiro atoms. The molecule has 1 aromatic carbocycles. The zero-order chi connectivity index (χ0) is 23.9. The number of benzene rings is 1. The van der Waals surface area contributed by atoms with E-state index in [4.69, 9.17) is 13.9 Å². The number of carbonyl (C=O) groups is 2. The molecular formula is C25H27FN2O5S.